The summed E-state index contributed by atoms with van der Waals surface area (Å²) in [5, 5.41) is 18.7. The van der Waals surface area contributed by atoms with Gasteiger partial charge in [0, 0.05) is 0 Å². The fraction of sp³-hybridized carbons (Fsp3) is 0.214. The maximum atomic E-state index is 12.1. The van der Waals surface area contributed by atoms with E-state index in [2.05, 4.69) is 9.71 Å². The van der Waals surface area contributed by atoms with Gasteiger partial charge in [-0.25, -0.2) is 4.79 Å². The average Bonchev–Trinajstić information content (AvgIpc) is 2.74. The van der Waals surface area contributed by atoms with Crippen LogP contribution in [0.15, 0.2) is 35.7 Å². The van der Waals surface area contributed by atoms with Crippen LogP contribution in [-0.4, -0.2) is 40.9 Å². The summed E-state index contributed by atoms with van der Waals surface area (Å²) in [6.45, 7) is 0.955. The summed E-state index contributed by atoms with van der Waals surface area (Å²) in [6.07, 6.45) is 0. The molecule has 0 atom stereocenters. The molecule has 0 aromatic heterocycles. The van der Waals surface area contributed by atoms with Crippen molar-refractivity contribution < 1.29 is 24.2 Å². The molecule has 0 radical (unpaired) electrons. The van der Waals surface area contributed by atoms with Crippen LogP contribution in [0.25, 0.3) is 4.98 Å². The van der Waals surface area contributed by atoms with Gasteiger partial charge < -0.3 is 9.84 Å². The van der Waals surface area contributed by atoms with E-state index in [1.165, 1.54) is 19.1 Å². The summed E-state index contributed by atoms with van der Waals surface area (Å²) < 4.78 is 4.60. The van der Waals surface area contributed by atoms with Gasteiger partial charge in [-0.05, 0) is 19.1 Å². The number of diazo groups is 1. The third kappa shape index (κ3) is 2.52. The molecule has 0 fully saturated rings. The molecule has 112 valence electrons. The van der Waals surface area contributed by atoms with E-state index in [9.17, 15) is 19.5 Å². The number of carbonyl (C=O) groups excluding carboxylic acids is 3. The number of hydrogen-bond acceptors (Lipinski definition) is 6. The Bertz CT molecular complexity index is 697. The van der Waals surface area contributed by atoms with Crippen molar-refractivity contribution in [3.8, 4) is 0 Å². The topological polar surface area (TPSA) is 112 Å². The van der Waals surface area contributed by atoms with E-state index in [0.29, 0.717) is 0 Å². The summed E-state index contributed by atoms with van der Waals surface area (Å²) >= 11 is 0. The van der Waals surface area contributed by atoms with Crippen LogP contribution in [0.2, 0.25) is 0 Å². The average molecular weight is 302 g/mol. The highest BCUT2D eigenvalue weighted by molar-refractivity contribution is 6.21. The maximum Gasteiger partial charge on any atom is 0.507 e. The molecule has 1 heterocycles. The minimum absolute atomic E-state index is 0.0121. The number of esters is 1. The van der Waals surface area contributed by atoms with Gasteiger partial charge in [0.15, 0.2) is 4.98 Å². The molecule has 2 amide bonds. The summed E-state index contributed by atoms with van der Waals surface area (Å²) in [5.41, 5.74) is -0.337. The van der Waals surface area contributed by atoms with E-state index in [1.54, 1.807) is 12.1 Å². The standard InChI is InChI=1S/C14H11N3O5/c1-2-22-14(21)11(16-15)10(18)7-17-12(19)8-5-3-4-6-9(8)13(17)20/h3-6H,2,7H2,1H3/p+1. The van der Waals surface area contributed by atoms with E-state index in [-0.39, 0.29) is 17.7 Å². The third-order valence-electron chi connectivity index (χ3n) is 3.03. The molecular weight excluding hydrogens is 290 g/mol. The monoisotopic (exact) mass is 302 g/mol. The predicted molar refractivity (Wildman–Crippen MR) is 73.2 cm³/mol. The number of nitrogens with zero attached hydrogens (tertiary/aromatic N) is 3. The zero-order valence-corrected chi connectivity index (χ0v) is 11.6. The van der Waals surface area contributed by atoms with E-state index >= 15 is 0 Å². The predicted octanol–water partition coefficient (Wildman–Crippen LogP) is 1.47. The number of amides is 2. The van der Waals surface area contributed by atoms with Gasteiger partial charge in [0.1, 0.15) is 0 Å². The number of carbonyl (C=O) groups is 3. The molecule has 8 heteroatoms. The van der Waals surface area contributed by atoms with Crippen LogP contribution in [-0.2, 0) is 9.53 Å². The van der Waals surface area contributed by atoms with Crippen molar-refractivity contribution >= 4 is 17.8 Å². The number of hydrogen-bond donors (Lipinski definition) is 1. The van der Waals surface area contributed by atoms with Crippen LogP contribution in [0.4, 0.5) is 0 Å². The smallest absolute Gasteiger partial charge is 0.503 e. The van der Waals surface area contributed by atoms with Crippen LogP contribution in [0.1, 0.15) is 27.6 Å². The van der Waals surface area contributed by atoms with Gasteiger partial charge in [-0.15, -0.1) is 0 Å². The summed E-state index contributed by atoms with van der Waals surface area (Å²) in [5.74, 6) is -3.00. The molecule has 0 bridgehead atoms. The molecule has 1 aromatic rings. The Labute approximate surface area is 125 Å². The molecule has 0 saturated carbocycles. The number of aliphatic hydroxyl groups is 1. The van der Waals surface area contributed by atoms with Crippen molar-refractivity contribution in [2.24, 2.45) is 0 Å². The molecule has 0 unspecified atom stereocenters. The maximum absolute atomic E-state index is 12.1. The number of benzene rings is 1. The van der Waals surface area contributed by atoms with Crippen LogP contribution >= 0.6 is 0 Å². The van der Waals surface area contributed by atoms with Gasteiger partial charge in [-0.3, -0.25) is 14.5 Å². The molecule has 1 N–H and O–H groups in total. The molecular formula is C14H12N3O5+. The zero-order chi connectivity index (χ0) is 16.3. The van der Waals surface area contributed by atoms with Crippen LogP contribution in [0, 0.1) is 5.39 Å². The molecule has 0 aliphatic carbocycles. The quantitative estimate of drug-likeness (QED) is 0.296. The minimum atomic E-state index is -1.06. The normalized spacial score (nSPS) is 14.3. The summed E-state index contributed by atoms with van der Waals surface area (Å²) in [6, 6.07) is 6.19. The Morgan fingerprint density at radius 1 is 1.27 bits per heavy atom. The molecule has 0 spiro atoms. The van der Waals surface area contributed by atoms with Crippen molar-refractivity contribution in [1.82, 2.24) is 4.90 Å². The lowest BCUT2D eigenvalue weighted by atomic mass is 10.1. The molecule has 22 heavy (non-hydrogen) atoms. The van der Waals surface area contributed by atoms with Crippen molar-refractivity contribution in [3.05, 3.63) is 51.8 Å². The van der Waals surface area contributed by atoms with Gasteiger partial charge in [0.2, 0.25) is 11.2 Å². The molecule has 0 saturated heterocycles. The minimum Gasteiger partial charge on any atom is -0.503 e. The number of rotatable bonds is 4. The van der Waals surface area contributed by atoms with Crippen molar-refractivity contribution in [2.75, 3.05) is 13.2 Å². The van der Waals surface area contributed by atoms with Crippen LogP contribution in [0.5, 0.6) is 0 Å². The van der Waals surface area contributed by atoms with Gasteiger partial charge in [-0.2, -0.15) is 0 Å². The number of fused-ring (bicyclic) bond motifs is 1. The lowest BCUT2D eigenvalue weighted by Crippen LogP contribution is -2.32. The zero-order valence-electron chi connectivity index (χ0n) is 11.6. The lowest BCUT2D eigenvalue weighted by molar-refractivity contribution is -0.138. The highest BCUT2D eigenvalue weighted by Gasteiger charge is 2.39. The van der Waals surface area contributed by atoms with E-state index < -0.39 is 35.8 Å². The second-order valence-electron chi connectivity index (χ2n) is 4.36. The second-order valence-corrected chi connectivity index (χ2v) is 4.36. The summed E-state index contributed by atoms with van der Waals surface area (Å²) in [4.78, 5) is 39.1. The molecule has 2 rings (SSSR count). The van der Waals surface area contributed by atoms with Crippen molar-refractivity contribution in [2.45, 2.75) is 6.92 Å². The second kappa shape index (κ2) is 6.05. The number of ether oxygens (including phenoxy) is 1. The molecule has 8 nitrogen and oxygen atoms in total. The van der Waals surface area contributed by atoms with Gasteiger partial charge in [0.25, 0.3) is 11.8 Å². The number of aliphatic hydroxyl groups excluding tert-OH is 1. The van der Waals surface area contributed by atoms with Gasteiger partial charge in [0.05, 0.1) is 24.3 Å². The van der Waals surface area contributed by atoms with Crippen molar-refractivity contribution in [3.63, 3.8) is 0 Å². The third-order valence-corrected chi connectivity index (χ3v) is 3.03. The molecule has 1 aromatic carbocycles. The fourth-order valence-electron chi connectivity index (χ4n) is 2.02. The number of imide groups is 1. The largest absolute Gasteiger partial charge is 0.507 e. The fourth-order valence-corrected chi connectivity index (χ4v) is 2.02. The highest BCUT2D eigenvalue weighted by atomic mass is 16.5. The first-order chi connectivity index (χ1) is 10.5. The Balaban J connectivity index is 2.29. The Hall–Kier alpha value is -3.21. The first-order valence-corrected chi connectivity index (χ1v) is 6.40. The first-order valence-electron chi connectivity index (χ1n) is 6.40. The SMILES string of the molecule is CCOC(=O)/C([N+]#N)=C(\O)CN1C(=O)c2ccccc2C1=O. The first kappa shape index (κ1) is 15.2. The Kier molecular flexibility index (Phi) is 4.18. The highest BCUT2D eigenvalue weighted by Crippen LogP contribution is 2.23. The van der Waals surface area contributed by atoms with Gasteiger partial charge in [-0.1, -0.05) is 12.1 Å². The Morgan fingerprint density at radius 2 is 1.82 bits per heavy atom. The molecule has 1 aliphatic heterocycles. The van der Waals surface area contributed by atoms with Crippen LogP contribution in [0.3, 0.4) is 0 Å². The van der Waals surface area contributed by atoms with Gasteiger partial charge >= 0.3 is 11.7 Å². The van der Waals surface area contributed by atoms with E-state index in [1.807, 2.05) is 0 Å². The van der Waals surface area contributed by atoms with Crippen LogP contribution < -0.4 is 0 Å². The molecule has 1 aliphatic rings. The van der Waals surface area contributed by atoms with E-state index in [0.717, 1.165) is 4.90 Å². The van der Waals surface area contributed by atoms with E-state index in [4.69, 9.17) is 5.39 Å². The lowest BCUT2D eigenvalue weighted by Gasteiger charge is -2.11. The van der Waals surface area contributed by atoms with Crippen molar-refractivity contribution in [1.29, 1.82) is 5.39 Å². The Morgan fingerprint density at radius 3 is 2.27 bits per heavy atom. The summed E-state index contributed by atoms with van der Waals surface area (Å²) in [7, 11) is 0.